The van der Waals surface area contributed by atoms with Crippen LogP contribution in [-0.2, 0) is 31.8 Å². The SMILES string of the molecule is O=S(=O)(O)c1cc(N=Nc2ccc(O)c(C(F)(F)F)c2)ccc1-c1ccc(N=Nc2ccc(O)c(C(F)(F)F)c2)cc1SOOO. The highest BCUT2D eigenvalue weighted by Gasteiger charge is 2.35. The van der Waals surface area contributed by atoms with Gasteiger partial charge in [-0.25, -0.2) is 5.26 Å². The van der Waals surface area contributed by atoms with Crippen LogP contribution >= 0.6 is 12.0 Å². The topological polar surface area (TPSA) is 183 Å². The van der Waals surface area contributed by atoms with Crippen molar-refractivity contribution in [3.8, 4) is 22.6 Å². The first-order valence-corrected chi connectivity index (χ1v) is 14.2. The van der Waals surface area contributed by atoms with Gasteiger partial charge in [-0.05, 0) is 66.2 Å². The van der Waals surface area contributed by atoms with Crippen LogP contribution in [-0.4, -0.2) is 28.4 Å². The minimum absolute atomic E-state index is 0.0135. The van der Waals surface area contributed by atoms with E-state index < -0.39 is 50.0 Å². The van der Waals surface area contributed by atoms with Gasteiger partial charge in [0.1, 0.15) is 16.4 Å². The maximum absolute atomic E-state index is 13.1. The predicted octanol–water partition coefficient (Wildman–Crippen LogP) is 9.31. The average molecular weight is 691 g/mol. The van der Waals surface area contributed by atoms with Crippen LogP contribution in [0.25, 0.3) is 11.1 Å². The summed E-state index contributed by atoms with van der Waals surface area (Å²) in [6, 6.07) is 11.6. The zero-order valence-corrected chi connectivity index (χ0v) is 23.9. The summed E-state index contributed by atoms with van der Waals surface area (Å²) in [6.07, 6.45) is -9.76. The van der Waals surface area contributed by atoms with Gasteiger partial charge in [-0.15, -0.1) is 4.33 Å². The fourth-order valence-electron chi connectivity index (χ4n) is 3.78. The zero-order chi connectivity index (χ0) is 33.9. The van der Waals surface area contributed by atoms with Gasteiger partial charge in [0, 0.05) is 10.5 Å². The molecule has 4 aromatic rings. The number of phenols is 2. The third-order valence-corrected chi connectivity index (χ3v) is 7.33. The number of hydrogen-bond donors (Lipinski definition) is 4. The third kappa shape index (κ3) is 8.35. The molecule has 0 bridgehead atoms. The average Bonchev–Trinajstić information content (AvgIpc) is 2.97. The lowest BCUT2D eigenvalue weighted by Crippen LogP contribution is -2.04. The largest absolute Gasteiger partial charge is 0.507 e. The molecule has 0 saturated heterocycles. The molecule has 0 atom stereocenters. The molecule has 0 saturated carbocycles. The van der Waals surface area contributed by atoms with E-state index in [-0.39, 0.29) is 38.8 Å². The summed E-state index contributed by atoms with van der Waals surface area (Å²) in [5.41, 5.74) is -3.73. The predicted molar refractivity (Wildman–Crippen MR) is 147 cm³/mol. The Labute approximate surface area is 258 Å². The molecule has 0 fully saturated rings. The zero-order valence-electron chi connectivity index (χ0n) is 22.2. The quantitative estimate of drug-likeness (QED) is 0.0332. The fourth-order valence-corrected chi connectivity index (χ4v) is 5.05. The van der Waals surface area contributed by atoms with Crippen LogP contribution < -0.4 is 0 Å². The Hall–Kier alpha value is -4.60. The molecule has 0 aliphatic rings. The van der Waals surface area contributed by atoms with E-state index in [1.807, 2.05) is 0 Å². The summed E-state index contributed by atoms with van der Waals surface area (Å²) in [6.45, 7) is 0. The second-order valence-corrected chi connectivity index (χ2v) is 11.0. The van der Waals surface area contributed by atoms with Gasteiger partial charge >= 0.3 is 12.4 Å². The Morgan fingerprint density at radius 3 is 1.48 bits per heavy atom. The maximum atomic E-state index is 13.1. The molecule has 20 heteroatoms. The molecule has 0 radical (unpaired) electrons. The second-order valence-electron chi connectivity index (χ2n) is 8.86. The van der Waals surface area contributed by atoms with Gasteiger partial charge in [-0.3, -0.25) is 4.55 Å². The fraction of sp³-hybridized carbons (Fsp3) is 0.0769. The Kier molecular flexibility index (Phi) is 9.99. The number of aromatic hydroxyl groups is 2. The van der Waals surface area contributed by atoms with E-state index in [0.29, 0.717) is 24.2 Å². The van der Waals surface area contributed by atoms with Gasteiger partial charge in [0.15, 0.2) is 0 Å². The number of halogens is 6. The Bertz CT molecular complexity index is 1940. The lowest BCUT2D eigenvalue weighted by atomic mass is 10.0. The summed E-state index contributed by atoms with van der Waals surface area (Å²) >= 11 is 0.335. The van der Waals surface area contributed by atoms with Gasteiger partial charge in [-0.2, -0.15) is 55.2 Å². The summed E-state index contributed by atoms with van der Waals surface area (Å²) < 4.78 is 118. The smallest absolute Gasteiger partial charge is 0.420 e. The number of azo groups is 2. The lowest BCUT2D eigenvalue weighted by molar-refractivity contribution is -0.432. The molecule has 0 aliphatic carbocycles. The van der Waals surface area contributed by atoms with Crippen LogP contribution in [0.4, 0.5) is 49.1 Å². The van der Waals surface area contributed by atoms with E-state index >= 15 is 0 Å². The van der Waals surface area contributed by atoms with Crippen molar-refractivity contribution in [2.45, 2.75) is 22.1 Å². The summed E-state index contributed by atoms with van der Waals surface area (Å²) in [5, 5.41) is 46.0. The maximum Gasteiger partial charge on any atom is 0.420 e. The van der Waals surface area contributed by atoms with Crippen LogP contribution in [0.1, 0.15) is 11.1 Å². The van der Waals surface area contributed by atoms with E-state index in [4.69, 9.17) is 5.26 Å². The molecule has 0 spiro atoms. The molecule has 46 heavy (non-hydrogen) atoms. The van der Waals surface area contributed by atoms with E-state index in [0.717, 1.165) is 36.4 Å². The van der Waals surface area contributed by atoms with Gasteiger partial charge in [-0.1, -0.05) is 17.2 Å². The van der Waals surface area contributed by atoms with E-state index in [1.165, 1.54) is 24.3 Å². The van der Waals surface area contributed by atoms with Crippen molar-refractivity contribution in [2.75, 3.05) is 0 Å². The summed E-state index contributed by atoms with van der Waals surface area (Å²) in [7, 11) is -5.00. The summed E-state index contributed by atoms with van der Waals surface area (Å²) in [5.74, 6) is -2.06. The van der Waals surface area contributed by atoms with Gasteiger partial charge in [0.05, 0.1) is 45.9 Å². The number of phenolic OH excluding ortho intramolecular Hbond substituents is 2. The highest BCUT2D eigenvalue weighted by Crippen LogP contribution is 2.42. The molecule has 4 N–H and O–H groups in total. The first kappa shape index (κ1) is 34.3. The minimum Gasteiger partial charge on any atom is -0.507 e. The molecular weight excluding hydrogens is 674 g/mol. The molecule has 0 aromatic heterocycles. The molecule has 4 aromatic carbocycles. The van der Waals surface area contributed by atoms with E-state index in [2.05, 4.69) is 29.8 Å². The highest BCUT2D eigenvalue weighted by atomic mass is 32.2. The van der Waals surface area contributed by atoms with Crippen molar-refractivity contribution in [1.82, 2.24) is 0 Å². The van der Waals surface area contributed by atoms with Crippen LogP contribution in [0.2, 0.25) is 0 Å². The van der Waals surface area contributed by atoms with Crippen LogP contribution in [0.5, 0.6) is 11.5 Å². The monoisotopic (exact) mass is 690 g/mol. The Morgan fingerprint density at radius 2 is 1.04 bits per heavy atom. The van der Waals surface area contributed by atoms with E-state index in [1.54, 1.807) is 0 Å². The molecule has 12 nitrogen and oxygen atoms in total. The van der Waals surface area contributed by atoms with Crippen LogP contribution in [0.3, 0.4) is 0 Å². The molecule has 242 valence electrons. The lowest BCUT2D eigenvalue weighted by Gasteiger charge is -2.12. The summed E-state index contributed by atoms with van der Waals surface area (Å²) in [4.78, 5) is -0.759. The molecule has 0 unspecified atom stereocenters. The number of hydrogen-bond acceptors (Lipinski definition) is 12. The van der Waals surface area contributed by atoms with Gasteiger partial charge < -0.3 is 10.2 Å². The van der Waals surface area contributed by atoms with Crippen LogP contribution in [0, 0.1) is 0 Å². The standard InChI is InChI=1S/C26H16F6N4O8S2/c27-25(28,29)19-9-13(3-7-21(19)37)33-35-15-1-5-17(23(11-15)45-44-43-39)18-6-2-16(12-24(18)46(40,41)42)36-34-14-4-8-22(38)20(10-14)26(30,31)32/h1-12,37-39H,(H,40,41,42). The van der Waals surface area contributed by atoms with Crippen molar-refractivity contribution in [3.63, 3.8) is 0 Å². The first-order chi connectivity index (χ1) is 21.5. The normalized spacial score (nSPS) is 12.8. The Balaban J connectivity index is 1.72. The number of nitrogens with zero attached hydrogens (tertiary/aromatic N) is 4. The first-order valence-electron chi connectivity index (χ1n) is 12.0. The van der Waals surface area contributed by atoms with Crippen molar-refractivity contribution in [3.05, 3.63) is 83.9 Å². The molecule has 4 rings (SSSR count). The van der Waals surface area contributed by atoms with Gasteiger partial charge in [0.25, 0.3) is 10.1 Å². The third-order valence-electron chi connectivity index (χ3n) is 5.79. The van der Waals surface area contributed by atoms with Gasteiger partial charge in [0.2, 0.25) is 0 Å². The second kappa shape index (κ2) is 13.4. The minimum atomic E-state index is -5.00. The number of benzene rings is 4. The number of alkyl halides is 6. The molecule has 0 amide bonds. The van der Waals surface area contributed by atoms with E-state index in [9.17, 15) is 49.5 Å². The van der Waals surface area contributed by atoms with Crippen molar-refractivity contribution in [1.29, 1.82) is 0 Å². The molecule has 0 aliphatic heterocycles. The van der Waals surface area contributed by atoms with Crippen molar-refractivity contribution >= 4 is 44.9 Å². The Morgan fingerprint density at radius 1 is 0.630 bits per heavy atom. The van der Waals surface area contributed by atoms with Crippen molar-refractivity contribution in [2.24, 2.45) is 20.5 Å². The number of rotatable bonds is 9. The molecular formula is C26H16F6N4O8S2. The van der Waals surface area contributed by atoms with Crippen LogP contribution in [0.15, 0.2) is 103 Å². The molecule has 0 heterocycles. The highest BCUT2D eigenvalue weighted by molar-refractivity contribution is 7.94. The van der Waals surface area contributed by atoms with Crippen molar-refractivity contribution < 1.29 is 64.2 Å².